The highest BCUT2D eigenvalue weighted by Gasteiger charge is 2.46. The molecule has 1 heterocycles. The van der Waals surface area contributed by atoms with E-state index in [1.165, 1.54) is 0 Å². The molecule has 0 saturated carbocycles. The Balaban J connectivity index is 1.68. The van der Waals surface area contributed by atoms with E-state index in [9.17, 15) is 5.11 Å². The van der Waals surface area contributed by atoms with Crippen LogP contribution in [-0.4, -0.2) is 47.3 Å². The molecule has 146 valence electrons. The van der Waals surface area contributed by atoms with Crippen molar-refractivity contribution in [2.45, 2.75) is 43.9 Å². The maximum atomic E-state index is 11.0. The number of methoxy groups -OCH3 is 1. The maximum absolute atomic E-state index is 11.0. The molecule has 27 heavy (non-hydrogen) atoms. The number of aliphatic hydroxyl groups excluding tert-OH is 1. The molecule has 0 bridgehead atoms. The Hall–Kier alpha value is -1.03. The van der Waals surface area contributed by atoms with Gasteiger partial charge >= 0.3 is 0 Å². The Morgan fingerprint density at radius 2 is 1.41 bits per heavy atom. The molecule has 5 nitrogen and oxygen atoms in total. The zero-order valence-electron chi connectivity index (χ0n) is 15.2. The summed E-state index contributed by atoms with van der Waals surface area (Å²) in [5, 5.41) is 11.0. The molecule has 0 amide bonds. The van der Waals surface area contributed by atoms with Crippen molar-refractivity contribution in [3.63, 3.8) is 0 Å². The van der Waals surface area contributed by atoms with Crippen molar-refractivity contribution in [3.8, 4) is 0 Å². The van der Waals surface area contributed by atoms with Crippen LogP contribution in [0, 0.1) is 0 Å². The lowest BCUT2D eigenvalue weighted by molar-refractivity contribution is -0.304. The Morgan fingerprint density at radius 1 is 0.889 bits per heavy atom. The van der Waals surface area contributed by atoms with E-state index in [4.69, 9.17) is 18.9 Å². The van der Waals surface area contributed by atoms with Crippen LogP contribution in [0.4, 0.5) is 0 Å². The summed E-state index contributed by atoms with van der Waals surface area (Å²) in [5.41, 5.74) is 2.07. The predicted molar refractivity (Wildman–Crippen MR) is 111 cm³/mol. The van der Waals surface area contributed by atoms with Gasteiger partial charge in [-0.15, -0.1) is 0 Å². The van der Waals surface area contributed by atoms with E-state index in [2.05, 4.69) is 22.6 Å². The van der Waals surface area contributed by atoms with Crippen LogP contribution in [0.2, 0.25) is 0 Å². The Morgan fingerprint density at radius 3 is 1.89 bits per heavy atom. The third-order valence-corrected chi connectivity index (χ3v) is 5.44. The van der Waals surface area contributed by atoms with Crippen molar-refractivity contribution in [1.29, 1.82) is 0 Å². The lowest BCUT2D eigenvalue weighted by atomic mass is 9.99. The zero-order chi connectivity index (χ0) is 19.1. The minimum atomic E-state index is -0.851. The van der Waals surface area contributed by atoms with Gasteiger partial charge in [-0.1, -0.05) is 83.3 Å². The minimum Gasteiger partial charge on any atom is -0.387 e. The quantitative estimate of drug-likeness (QED) is 0.461. The van der Waals surface area contributed by atoms with E-state index in [1.807, 2.05) is 60.7 Å². The van der Waals surface area contributed by atoms with Crippen LogP contribution in [-0.2, 0) is 32.2 Å². The van der Waals surface area contributed by atoms with Gasteiger partial charge in [0.05, 0.1) is 19.3 Å². The van der Waals surface area contributed by atoms with Crippen molar-refractivity contribution in [3.05, 3.63) is 71.8 Å². The van der Waals surface area contributed by atoms with E-state index >= 15 is 0 Å². The SMILES string of the molecule is COC1OC(CI)C(OCc2ccccc2)C(O)C1OCc1ccccc1. The normalized spacial score (nSPS) is 28.2. The molecule has 1 aliphatic rings. The summed E-state index contributed by atoms with van der Waals surface area (Å²) in [6.07, 6.45) is -2.88. The van der Waals surface area contributed by atoms with Crippen LogP contribution in [0.5, 0.6) is 0 Å². The van der Waals surface area contributed by atoms with Gasteiger partial charge in [0.15, 0.2) is 6.29 Å². The molecule has 2 aromatic carbocycles. The summed E-state index contributed by atoms with van der Waals surface area (Å²) < 4.78 is 24.2. The summed E-state index contributed by atoms with van der Waals surface area (Å²) in [6.45, 7) is 0.772. The van der Waals surface area contributed by atoms with Crippen molar-refractivity contribution >= 4 is 22.6 Å². The van der Waals surface area contributed by atoms with Gasteiger partial charge in [0, 0.05) is 11.5 Å². The molecule has 0 spiro atoms. The van der Waals surface area contributed by atoms with Crippen LogP contribution in [0.1, 0.15) is 11.1 Å². The monoisotopic (exact) mass is 484 g/mol. The van der Waals surface area contributed by atoms with Gasteiger partial charge in [-0.25, -0.2) is 0 Å². The number of hydrogen-bond acceptors (Lipinski definition) is 5. The average molecular weight is 484 g/mol. The molecule has 1 fully saturated rings. The highest BCUT2D eigenvalue weighted by molar-refractivity contribution is 14.1. The molecule has 1 saturated heterocycles. The van der Waals surface area contributed by atoms with Crippen LogP contribution in [0.25, 0.3) is 0 Å². The Kier molecular flexibility index (Phi) is 8.05. The first-order valence-corrected chi connectivity index (χ1v) is 10.5. The summed E-state index contributed by atoms with van der Waals surface area (Å²) in [7, 11) is 1.56. The van der Waals surface area contributed by atoms with E-state index in [-0.39, 0.29) is 6.10 Å². The highest BCUT2D eigenvalue weighted by Crippen LogP contribution is 2.28. The van der Waals surface area contributed by atoms with Crippen LogP contribution < -0.4 is 0 Å². The molecule has 0 radical (unpaired) electrons. The first kappa shape index (κ1) is 20.7. The molecule has 5 unspecified atom stereocenters. The first-order chi connectivity index (χ1) is 13.2. The Labute approximate surface area is 173 Å². The lowest BCUT2D eigenvalue weighted by Crippen LogP contribution is -2.60. The maximum Gasteiger partial charge on any atom is 0.186 e. The molecular weight excluding hydrogens is 459 g/mol. The molecule has 0 aromatic heterocycles. The van der Waals surface area contributed by atoms with Gasteiger partial charge in [-0.3, -0.25) is 0 Å². The first-order valence-electron chi connectivity index (χ1n) is 8.96. The van der Waals surface area contributed by atoms with Crippen LogP contribution in [0.15, 0.2) is 60.7 Å². The third-order valence-electron chi connectivity index (χ3n) is 4.57. The number of benzene rings is 2. The average Bonchev–Trinajstić information content (AvgIpc) is 2.73. The summed E-state index contributed by atoms with van der Waals surface area (Å²) in [4.78, 5) is 0. The zero-order valence-corrected chi connectivity index (χ0v) is 17.4. The van der Waals surface area contributed by atoms with Gasteiger partial charge in [0.2, 0.25) is 0 Å². The largest absolute Gasteiger partial charge is 0.387 e. The Bertz CT molecular complexity index is 611. The molecule has 1 N–H and O–H groups in total. The van der Waals surface area contributed by atoms with Gasteiger partial charge in [-0.05, 0) is 11.1 Å². The van der Waals surface area contributed by atoms with E-state index < -0.39 is 24.6 Å². The number of ether oxygens (including phenoxy) is 4. The summed E-state index contributed by atoms with van der Waals surface area (Å²) in [6, 6.07) is 19.7. The highest BCUT2D eigenvalue weighted by atomic mass is 127. The predicted octanol–water partition coefficient (Wildman–Crippen LogP) is 3.32. The molecular formula is C21H25IO5. The molecule has 6 heteroatoms. The summed E-state index contributed by atoms with van der Waals surface area (Å²) >= 11 is 2.24. The molecule has 0 aliphatic carbocycles. The number of rotatable bonds is 8. The van der Waals surface area contributed by atoms with Gasteiger partial charge < -0.3 is 24.1 Å². The standard InChI is InChI=1S/C21H25IO5/c1-24-21-20(26-14-16-10-6-3-7-11-16)18(23)19(17(12-22)27-21)25-13-15-8-4-2-5-9-15/h2-11,17-21,23H,12-14H2,1H3. The molecule has 2 aromatic rings. The van der Waals surface area contributed by atoms with Crippen LogP contribution in [0.3, 0.4) is 0 Å². The number of alkyl halides is 1. The van der Waals surface area contributed by atoms with Crippen LogP contribution >= 0.6 is 22.6 Å². The topological polar surface area (TPSA) is 57.2 Å². The van der Waals surface area contributed by atoms with Crippen molar-refractivity contribution in [2.24, 2.45) is 0 Å². The van der Waals surface area contributed by atoms with Crippen molar-refractivity contribution in [2.75, 3.05) is 11.5 Å². The molecule has 5 atom stereocenters. The van der Waals surface area contributed by atoms with E-state index in [1.54, 1.807) is 7.11 Å². The summed E-state index contributed by atoms with van der Waals surface area (Å²) in [5.74, 6) is 0. The molecule has 1 aliphatic heterocycles. The third kappa shape index (κ3) is 5.49. The number of halogens is 1. The number of aliphatic hydroxyl groups is 1. The smallest absolute Gasteiger partial charge is 0.186 e. The van der Waals surface area contributed by atoms with Gasteiger partial charge in [0.25, 0.3) is 0 Å². The number of hydrogen-bond donors (Lipinski definition) is 1. The fraction of sp³-hybridized carbons (Fsp3) is 0.429. The second-order valence-electron chi connectivity index (χ2n) is 6.45. The van der Waals surface area contributed by atoms with E-state index in [0.29, 0.717) is 17.6 Å². The fourth-order valence-electron chi connectivity index (χ4n) is 3.13. The second-order valence-corrected chi connectivity index (χ2v) is 7.33. The lowest BCUT2D eigenvalue weighted by Gasteiger charge is -2.43. The second kappa shape index (κ2) is 10.5. The fourth-order valence-corrected chi connectivity index (χ4v) is 3.83. The minimum absolute atomic E-state index is 0.272. The van der Waals surface area contributed by atoms with Crippen molar-refractivity contribution in [1.82, 2.24) is 0 Å². The van der Waals surface area contributed by atoms with Gasteiger partial charge in [-0.2, -0.15) is 0 Å². The van der Waals surface area contributed by atoms with E-state index in [0.717, 1.165) is 11.1 Å². The molecule has 3 rings (SSSR count). The van der Waals surface area contributed by atoms with Crippen molar-refractivity contribution < 1.29 is 24.1 Å². The van der Waals surface area contributed by atoms with Gasteiger partial charge in [0.1, 0.15) is 18.3 Å².